The molecule has 1 fully saturated rings. The van der Waals surface area contributed by atoms with E-state index in [9.17, 15) is 13.2 Å². The third-order valence-electron chi connectivity index (χ3n) is 4.29. The van der Waals surface area contributed by atoms with Gasteiger partial charge in [-0.1, -0.05) is 39.5 Å². The van der Waals surface area contributed by atoms with Gasteiger partial charge in [-0.3, -0.25) is 4.79 Å². The van der Waals surface area contributed by atoms with Crippen molar-refractivity contribution in [3.63, 3.8) is 0 Å². The summed E-state index contributed by atoms with van der Waals surface area (Å²) in [5.41, 5.74) is 0. The number of hydrogen-bond donors (Lipinski definition) is 0. The lowest BCUT2D eigenvalue weighted by Gasteiger charge is -2.31. The van der Waals surface area contributed by atoms with Crippen LogP contribution < -0.4 is 0 Å². The van der Waals surface area contributed by atoms with Gasteiger partial charge in [-0.15, -0.1) is 0 Å². The summed E-state index contributed by atoms with van der Waals surface area (Å²) in [6, 6.07) is -0.00782. The second kappa shape index (κ2) is 9.50. The van der Waals surface area contributed by atoms with Crippen molar-refractivity contribution in [1.82, 2.24) is 9.21 Å². The Morgan fingerprint density at radius 1 is 1.00 bits per heavy atom. The minimum Gasteiger partial charge on any atom is -0.342 e. The van der Waals surface area contributed by atoms with Gasteiger partial charge in [0.05, 0.1) is 12.8 Å². The zero-order valence-electron chi connectivity index (χ0n) is 14.4. The summed E-state index contributed by atoms with van der Waals surface area (Å²) in [6.07, 6.45) is 9.22. The smallest absolute Gasteiger partial charge is 0.237 e. The highest BCUT2D eigenvalue weighted by Gasteiger charge is 2.30. The van der Waals surface area contributed by atoms with Crippen LogP contribution in [0.2, 0.25) is 0 Å². The maximum Gasteiger partial charge on any atom is 0.237 e. The van der Waals surface area contributed by atoms with Crippen LogP contribution in [0.1, 0.15) is 65.2 Å². The Balaban J connectivity index is 2.81. The molecule has 0 bridgehead atoms. The van der Waals surface area contributed by atoms with Crippen molar-refractivity contribution in [3.8, 4) is 0 Å². The minimum atomic E-state index is -3.35. The van der Waals surface area contributed by atoms with E-state index in [1.54, 1.807) is 4.90 Å². The number of sulfonamides is 1. The van der Waals surface area contributed by atoms with Gasteiger partial charge in [-0.25, -0.2) is 8.42 Å². The van der Waals surface area contributed by atoms with E-state index in [4.69, 9.17) is 0 Å². The van der Waals surface area contributed by atoms with Crippen LogP contribution in [-0.2, 0) is 14.8 Å². The third-order valence-corrected chi connectivity index (χ3v) is 5.57. The Morgan fingerprint density at radius 2 is 1.50 bits per heavy atom. The molecule has 0 aromatic rings. The molecule has 0 atom stereocenters. The van der Waals surface area contributed by atoms with Gasteiger partial charge in [0.2, 0.25) is 15.9 Å². The summed E-state index contributed by atoms with van der Waals surface area (Å²) >= 11 is 0. The minimum absolute atomic E-state index is 0.00347. The monoisotopic (exact) mass is 332 g/mol. The lowest BCUT2D eigenvalue weighted by Crippen LogP contribution is -2.47. The fourth-order valence-electron chi connectivity index (χ4n) is 3.20. The predicted octanol–water partition coefficient (Wildman–Crippen LogP) is 2.62. The van der Waals surface area contributed by atoms with Gasteiger partial charge in [0, 0.05) is 19.1 Å². The first-order chi connectivity index (χ1) is 10.4. The lowest BCUT2D eigenvalue weighted by atomic mass is 10.1. The molecular formula is C16H32N2O3S. The average molecular weight is 333 g/mol. The molecule has 1 amide bonds. The Hall–Kier alpha value is -0.620. The molecule has 1 aliphatic rings. The van der Waals surface area contributed by atoms with Crippen molar-refractivity contribution in [3.05, 3.63) is 0 Å². The highest BCUT2D eigenvalue weighted by atomic mass is 32.2. The molecule has 130 valence electrons. The maximum absolute atomic E-state index is 12.5. The number of carbonyl (C=O) groups excluding carboxylic acids is 1. The van der Waals surface area contributed by atoms with Crippen molar-refractivity contribution in [2.75, 3.05) is 25.9 Å². The molecule has 0 unspecified atom stereocenters. The molecule has 0 saturated heterocycles. The van der Waals surface area contributed by atoms with E-state index in [1.165, 1.54) is 23.4 Å². The first kappa shape index (κ1) is 19.4. The number of rotatable bonds is 8. The normalized spacial score (nSPS) is 17.5. The number of carbonyl (C=O) groups is 1. The van der Waals surface area contributed by atoms with Crippen LogP contribution in [0.15, 0.2) is 0 Å². The van der Waals surface area contributed by atoms with E-state index < -0.39 is 10.0 Å². The largest absolute Gasteiger partial charge is 0.342 e. The topological polar surface area (TPSA) is 57.7 Å². The summed E-state index contributed by atoms with van der Waals surface area (Å²) < 4.78 is 25.8. The van der Waals surface area contributed by atoms with Crippen molar-refractivity contribution in [1.29, 1.82) is 0 Å². The Labute approximate surface area is 136 Å². The van der Waals surface area contributed by atoms with Crippen molar-refractivity contribution in [2.45, 2.75) is 71.3 Å². The van der Waals surface area contributed by atoms with Gasteiger partial charge < -0.3 is 4.90 Å². The van der Waals surface area contributed by atoms with Crippen LogP contribution in [0.25, 0.3) is 0 Å². The summed E-state index contributed by atoms with van der Waals surface area (Å²) in [6.45, 7) is 5.48. The molecule has 22 heavy (non-hydrogen) atoms. The predicted molar refractivity (Wildman–Crippen MR) is 90.2 cm³/mol. The third kappa shape index (κ3) is 6.24. The molecule has 0 aromatic heterocycles. The number of hydrogen-bond acceptors (Lipinski definition) is 3. The van der Waals surface area contributed by atoms with Gasteiger partial charge in [0.15, 0.2) is 0 Å². The van der Waals surface area contributed by atoms with E-state index in [0.717, 1.165) is 38.5 Å². The molecule has 1 saturated carbocycles. The first-order valence-electron chi connectivity index (χ1n) is 8.64. The lowest BCUT2D eigenvalue weighted by molar-refractivity contribution is -0.131. The molecule has 1 aliphatic carbocycles. The van der Waals surface area contributed by atoms with Crippen LogP contribution in [-0.4, -0.2) is 55.5 Å². The van der Waals surface area contributed by atoms with Gasteiger partial charge in [-0.05, 0) is 25.7 Å². The maximum atomic E-state index is 12.5. The zero-order chi connectivity index (χ0) is 16.6. The van der Waals surface area contributed by atoms with Crippen LogP contribution in [0, 0.1) is 0 Å². The molecule has 0 aliphatic heterocycles. The van der Waals surface area contributed by atoms with E-state index in [0.29, 0.717) is 13.1 Å². The van der Waals surface area contributed by atoms with E-state index in [1.807, 2.05) is 13.8 Å². The van der Waals surface area contributed by atoms with Gasteiger partial charge in [-0.2, -0.15) is 4.31 Å². The highest BCUT2D eigenvalue weighted by molar-refractivity contribution is 7.88. The van der Waals surface area contributed by atoms with E-state index in [2.05, 4.69) is 0 Å². The highest BCUT2D eigenvalue weighted by Crippen LogP contribution is 2.23. The summed E-state index contributed by atoms with van der Waals surface area (Å²) in [7, 11) is -3.35. The summed E-state index contributed by atoms with van der Waals surface area (Å²) in [4.78, 5) is 14.3. The van der Waals surface area contributed by atoms with Crippen molar-refractivity contribution >= 4 is 15.9 Å². The molecule has 0 radical (unpaired) electrons. The SMILES string of the molecule is CCCN(CCC)C(=O)CN(C1CCCCCC1)S(C)(=O)=O. The van der Waals surface area contributed by atoms with Crippen LogP contribution in [0.3, 0.4) is 0 Å². The second-order valence-corrected chi connectivity index (χ2v) is 8.27. The zero-order valence-corrected chi connectivity index (χ0v) is 15.2. The quantitative estimate of drug-likeness (QED) is 0.642. The van der Waals surface area contributed by atoms with Crippen LogP contribution in [0.4, 0.5) is 0 Å². The van der Waals surface area contributed by atoms with E-state index in [-0.39, 0.29) is 18.5 Å². The van der Waals surface area contributed by atoms with Gasteiger partial charge in [0.1, 0.15) is 0 Å². The second-order valence-electron chi connectivity index (χ2n) is 6.33. The molecule has 5 nitrogen and oxygen atoms in total. The number of amides is 1. The van der Waals surface area contributed by atoms with Crippen LogP contribution >= 0.6 is 0 Å². The first-order valence-corrected chi connectivity index (χ1v) is 10.5. The average Bonchev–Trinajstić information content (AvgIpc) is 2.71. The Kier molecular flexibility index (Phi) is 8.39. The molecular weight excluding hydrogens is 300 g/mol. The molecule has 0 N–H and O–H groups in total. The Morgan fingerprint density at radius 3 is 1.91 bits per heavy atom. The van der Waals surface area contributed by atoms with Crippen LogP contribution in [0.5, 0.6) is 0 Å². The molecule has 0 heterocycles. The molecule has 0 spiro atoms. The van der Waals surface area contributed by atoms with Crippen molar-refractivity contribution < 1.29 is 13.2 Å². The van der Waals surface area contributed by atoms with Gasteiger partial charge in [0.25, 0.3) is 0 Å². The standard InChI is InChI=1S/C16H32N2O3S/c1-4-12-17(13-5-2)16(19)14-18(22(3,20)21)15-10-8-6-7-9-11-15/h15H,4-14H2,1-3H3. The molecule has 6 heteroatoms. The van der Waals surface area contributed by atoms with Gasteiger partial charge >= 0.3 is 0 Å². The van der Waals surface area contributed by atoms with Crippen molar-refractivity contribution in [2.24, 2.45) is 0 Å². The van der Waals surface area contributed by atoms with E-state index >= 15 is 0 Å². The fraction of sp³-hybridized carbons (Fsp3) is 0.938. The molecule has 0 aromatic carbocycles. The number of nitrogens with zero attached hydrogens (tertiary/aromatic N) is 2. The summed E-state index contributed by atoms with van der Waals surface area (Å²) in [5.74, 6) is -0.0571. The summed E-state index contributed by atoms with van der Waals surface area (Å²) in [5, 5.41) is 0. The molecule has 1 rings (SSSR count). The Bertz CT molecular complexity index is 423. The fourth-order valence-corrected chi connectivity index (χ4v) is 4.29.